The Bertz CT molecular complexity index is 753. The molecule has 1 aliphatic rings. The van der Waals surface area contributed by atoms with Gasteiger partial charge in [0.2, 0.25) is 0 Å². The maximum absolute atomic E-state index is 12.7. The fraction of sp³-hybridized carbons (Fsp3) is 0.619. The molecule has 2 amide bonds. The van der Waals surface area contributed by atoms with Gasteiger partial charge in [-0.15, -0.1) is 0 Å². The average molecular weight is 437 g/mol. The quantitative estimate of drug-likeness (QED) is 0.513. The number of aliphatic hydroxyl groups excluding tert-OH is 1. The lowest BCUT2D eigenvalue weighted by Gasteiger charge is -2.38. The van der Waals surface area contributed by atoms with E-state index in [2.05, 4.69) is 0 Å². The minimum Gasteiger partial charge on any atom is -0.445 e. The number of hydrogen-bond acceptors (Lipinski definition) is 7. The topological polar surface area (TPSA) is 122 Å². The van der Waals surface area contributed by atoms with Gasteiger partial charge in [0.25, 0.3) is 5.69 Å². The third kappa shape index (κ3) is 7.71. The molecule has 0 aliphatic carbocycles. The van der Waals surface area contributed by atoms with E-state index < -0.39 is 16.6 Å². The van der Waals surface area contributed by atoms with E-state index in [0.717, 1.165) is 0 Å². The van der Waals surface area contributed by atoms with Gasteiger partial charge in [-0.3, -0.25) is 10.1 Å². The highest BCUT2D eigenvalue weighted by molar-refractivity contribution is 5.69. The predicted molar refractivity (Wildman–Crippen MR) is 113 cm³/mol. The van der Waals surface area contributed by atoms with Crippen molar-refractivity contribution in [1.82, 2.24) is 9.80 Å². The molecule has 0 atom stereocenters. The summed E-state index contributed by atoms with van der Waals surface area (Å²) in [6.07, 6.45) is 0.698. The Kier molecular flexibility index (Phi) is 8.61. The number of rotatable bonds is 7. The van der Waals surface area contributed by atoms with E-state index >= 15 is 0 Å². The van der Waals surface area contributed by atoms with E-state index in [-0.39, 0.29) is 31.0 Å². The highest BCUT2D eigenvalue weighted by Crippen LogP contribution is 2.21. The first-order chi connectivity index (χ1) is 14.6. The van der Waals surface area contributed by atoms with Crippen molar-refractivity contribution in [3.63, 3.8) is 0 Å². The molecule has 0 bridgehead atoms. The average Bonchev–Trinajstić information content (AvgIpc) is 2.72. The number of carbonyl (C=O) groups excluding carboxylic acids is 2. The van der Waals surface area contributed by atoms with Gasteiger partial charge in [-0.25, -0.2) is 9.59 Å². The molecule has 0 aromatic heterocycles. The number of carbonyl (C=O) groups is 2. The Hall–Kier alpha value is -2.88. The van der Waals surface area contributed by atoms with Gasteiger partial charge in [0, 0.05) is 44.4 Å². The summed E-state index contributed by atoms with van der Waals surface area (Å²) in [6, 6.07) is 5.69. The molecule has 1 heterocycles. The van der Waals surface area contributed by atoms with Gasteiger partial charge >= 0.3 is 12.2 Å². The fourth-order valence-electron chi connectivity index (χ4n) is 3.29. The Labute approximate surface area is 181 Å². The molecule has 1 aromatic rings. The zero-order valence-corrected chi connectivity index (χ0v) is 18.3. The maximum atomic E-state index is 12.7. The Morgan fingerprint density at radius 2 is 1.84 bits per heavy atom. The molecule has 2 rings (SSSR count). The molecule has 0 spiro atoms. The third-order valence-corrected chi connectivity index (χ3v) is 4.86. The summed E-state index contributed by atoms with van der Waals surface area (Å²) in [5.41, 5.74) is 0.0418. The Morgan fingerprint density at radius 1 is 1.23 bits per heavy atom. The monoisotopic (exact) mass is 437 g/mol. The molecular weight excluding hydrogens is 406 g/mol. The smallest absolute Gasteiger partial charge is 0.410 e. The summed E-state index contributed by atoms with van der Waals surface area (Å²) in [4.78, 5) is 38.4. The molecule has 1 fully saturated rings. The van der Waals surface area contributed by atoms with E-state index in [9.17, 15) is 24.8 Å². The normalized spacial score (nSPS) is 14.8. The van der Waals surface area contributed by atoms with E-state index in [0.29, 0.717) is 44.5 Å². The van der Waals surface area contributed by atoms with Crippen LogP contribution < -0.4 is 0 Å². The molecule has 10 nitrogen and oxygen atoms in total. The minimum atomic E-state index is -0.567. The van der Waals surface area contributed by atoms with Crippen LogP contribution in [-0.4, -0.2) is 69.9 Å². The Balaban J connectivity index is 1.92. The fourth-order valence-corrected chi connectivity index (χ4v) is 3.29. The van der Waals surface area contributed by atoms with Gasteiger partial charge in [0.15, 0.2) is 0 Å². The predicted octanol–water partition coefficient (Wildman–Crippen LogP) is 3.32. The molecule has 172 valence electrons. The number of non-ortho nitro benzene ring substituents is 1. The van der Waals surface area contributed by atoms with E-state index in [1.54, 1.807) is 21.9 Å². The molecule has 0 unspecified atom stereocenters. The highest BCUT2D eigenvalue weighted by atomic mass is 16.6. The number of nitro groups is 1. The number of benzene rings is 1. The van der Waals surface area contributed by atoms with Crippen LogP contribution in [0.15, 0.2) is 24.3 Å². The van der Waals surface area contributed by atoms with Crippen molar-refractivity contribution in [1.29, 1.82) is 0 Å². The van der Waals surface area contributed by atoms with Crippen LogP contribution in [0.25, 0.3) is 0 Å². The van der Waals surface area contributed by atoms with Crippen molar-refractivity contribution >= 4 is 17.9 Å². The van der Waals surface area contributed by atoms with Crippen molar-refractivity contribution in [2.45, 2.75) is 58.3 Å². The van der Waals surface area contributed by atoms with Gasteiger partial charge in [0.05, 0.1) is 4.92 Å². The lowest BCUT2D eigenvalue weighted by atomic mass is 10.0. The van der Waals surface area contributed by atoms with Crippen LogP contribution in [0.3, 0.4) is 0 Å². The van der Waals surface area contributed by atoms with Crippen LogP contribution in [-0.2, 0) is 16.1 Å². The zero-order valence-electron chi connectivity index (χ0n) is 18.3. The standard InChI is InChI=1S/C21H31N3O7/c1-21(2,3)31-19(26)22-12-9-17(10-13-22)23(11-4-14-25)20(27)30-15-16-5-7-18(8-6-16)24(28)29/h5-8,17,25H,4,9-15H2,1-3H3. The van der Waals surface area contributed by atoms with Crippen molar-refractivity contribution in [3.05, 3.63) is 39.9 Å². The van der Waals surface area contributed by atoms with E-state index in [1.165, 1.54) is 12.1 Å². The lowest BCUT2D eigenvalue weighted by molar-refractivity contribution is -0.384. The molecule has 31 heavy (non-hydrogen) atoms. The zero-order chi connectivity index (χ0) is 23.0. The summed E-state index contributed by atoms with van der Waals surface area (Å²) >= 11 is 0. The lowest BCUT2D eigenvalue weighted by Crippen LogP contribution is -2.50. The number of aliphatic hydroxyl groups is 1. The molecular formula is C21H31N3O7. The van der Waals surface area contributed by atoms with Gasteiger partial charge in [-0.1, -0.05) is 0 Å². The first-order valence-corrected chi connectivity index (χ1v) is 10.4. The van der Waals surface area contributed by atoms with E-state index in [4.69, 9.17) is 9.47 Å². The van der Waals surface area contributed by atoms with Crippen LogP contribution >= 0.6 is 0 Å². The number of likely N-dealkylation sites (tertiary alicyclic amines) is 1. The van der Waals surface area contributed by atoms with Crippen LogP contribution in [0.4, 0.5) is 15.3 Å². The van der Waals surface area contributed by atoms with Gasteiger partial charge in [0.1, 0.15) is 12.2 Å². The minimum absolute atomic E-state index is 0.0107. The number of amides is 2. The van der Waals surface area contributed by atoms with Gasteiger partial charge in [-0.2, -0.15) is 0 Å². The summed E-state index contributed by atoms with van der Waals surface area (Å²) in [5.74, 6) is 0. The second kappa shape index (κ2) is 10.9. The third-order valence-electron chi connectivity index (χ3n) is 4.86. The van der Waals surface area contributed by atoms with Gasteiger partial charge in [-0.05, 0) is 57.7 Å². The molecule has 1 N–H and O–H groups in total. The van der Waals surface area contributed by atoms with Crippen LogP contribution in [0.1, 0.15) is 45.6 Å². The van der Waals surface area contributed by atoms with Crippen molar-refractivity contribution in [3.8, 4) is 0 Å². The largest absolute Gasteiger partial charge is 0.445 e. The molecule has 1 aromatic carbocycles. The van der Waals surface area contributed by atoms with Crippen molar-refractivity contribution in [2.75, 3.05) is 26.2 Å². The number of nitro benzene ring substituents is 1. The summed E-state index contributed by atoms with van der Waals surface area (Å²) in [7, 11) is 0. The summed E-state index contributed by atoms with van der Waals surface area (Å²) < 4.78 is 10.8. The molecule has 0 saturated carbocycles. The maximum Gasteiger partial charge on any atom is 0.410 e. The van der Waals surface area contributed by atoms with E-state index in [1.807, 2.05) is 20.8 Å². The van der Waals surface area contributed by atoms with Crippen LogP contribution in [0.5, 0.6) is 0 Å². The molecule has 10 heteroatoms. The Morgan fingerprint density at radius 3 is 2.35 bits per heavy atom. The molecule has 1 aliphatic heterocycles. The first-order valence-electron chi connectivity index (χ1n) is 10.4. The SMILES string of the molecule is CC(C)(C)OC(=O)N1CCC(N(CCCO)C(=O)OCc2ccc([N+](=O)[O-])cc2)CC1. The number of piperidine rings is 1. The van der Waals surface area contributed by atoms with Crippen LogP contribution in [0.2, 0.25) is 0 Å². The van der Waals surface area contributed by atoms with Crippen LogP contribution in [0, 0.1) is 10.1 Å². The molecule has 1 saturated heterocycles. The summed E-state index contributed by atoms with van der Waals surface area (Å²) in [6.45, 7) is 6.65. The van der Waals surface area contributed by atoms with Crippen molar-refractivity contribution in [2.24, 2.45) is 0 Å². The van der Waals surface area contributed by atoms with Crippen molar-refractivity contribution < 1.29 is 29.1 Å². The molecule has 0 radical (unpaired) electrons. The number of hydrogen-bond donors (Lipinski definition) is 1. The second-order valence-electron chi connectivity index (χ2n) is 8.45. The first kappa shape index (κ1) is 24.4. The highest BCUT2D eigenvalue weighted by Gasteiger charge is 2.32. The second-order valence-corrected chi connectivity index (χ2v) is 8.45. The number of nitrogens with zero attached hydrogens (tertiary/aromatic N) is 3. The summed E-state index contributed by atoms with van der Waals surface area (Å²) in [5, 5.41) is 19.9. The number of ether oxygens (including phenoxy) is 2. The van der Waals surface area contributed by atoms with Gasteiger partial charge < -0.3 is 24.4 Å².